The first kappa shape index (κ1) is 20.6. The van der Waals surface area contributed by atoms with Crippen molar-refractivity contribution in [2.24, 2.45) is 0 Å². The average Bonchev–Trinajstić information content (AvgIpc) is 3.31. The molecule has 1 aromatic heterocycles. The minimum absolute atomic E-state index is 0. The van der Waals surface area contributed by atoms with E-state index in [2.05, 4.69) is 10.3 Å². The molecular weight excluding hydrogens is 380 g/mol. The Bertz CT molecular complexity index is 609. The van der Waals surface area contributed by atoms with Crippen molar-refractivity contribution in [3.63, 3.8) is 0 Å². The number of rotatable bonds is 6. The van der Waals surface area contributed by atoms with Crippen molar-refractivity contribution in [3.8, 4) is 0 Å². The Hall–Kier alpha value is -1.46. The zero-order valence-corrected chi connectivity index (χ0v) is 15.7. The molecule has 1 heterocycles. The van der Waals surface area contributed by atoms with Gasteiger partial charge >= 0.3 is 17.1 Å². The molecule has 126 valence electrons. The number of pyridine rings is 1. The van der Waals surface area contributed by atoms with Gasteiger partial charge in [0.1, 0.15) is 5.03 Å². The van der Waals surface area contributed by atoms with Crippen molar-refractivity contribution in [3.05, 3.63) is 90.5 Å². The van der Waals surface area contributed by atoms with Gasteiger partial charge in [0, 0.05) is 18.5 Å². The van der Waals surface area contributed by atoms with Gasteiger partial charge in [-0.25, -0.2) is 17.1 Å². The second-order valence-electron chi connectivity index (χ2n) is 4.47. The van der Waals surface area contributed by atoms with Crippen LogP contribution in [0.5, 0.6) is 0 Å². The first-order chi connectivity index (χ1) is 11.4. The number of nitrogens with one attached hydrogen (secondary N) is 1. The van der Waals surface area contributed by atoms with E-state index in [4.69, 9.17) is 0 Å². The maximum atomic E-state index is 11.6. The number of nitrogens with zero attached hydrogens (tertiary/aromatic N) is 1. The summed E-state index contributed by atoms with van der Waals surface area (Å²) in [5.74, 6) is 0.844. The molecule has 0 unspecified atom stereocenters. The fraction of sp³-hybridized carbons (Fsp3) is 0.111. The summed E-state index contributed by atoms with van der Waals surface area (Å²) in [6.45, 7) is 0.661. The Morgan fingerprint density at radius 2 is 1.88 bits per heavy atom. The largest absolute Gasteiger partial charge is 2.00 e. The van der Waals surface area contributed by atoms with Crippen molar-refractivity contribution in [1.29, 1.82) is 0 Å². The van der Waals surface area contributed by atoms with Gasteiger partial charge in [0.15, 0.2) is 0 Å². The van der Waals surface area contributed by atoms with Crippen LogP contribution in [0.25, 0.3) is 0 Å². The Balaban J connectivity index is 0.000000412. The molecule has 0 radical (unpaired) electrons. The third-order valence-electron chi connectivity index (χ3n) is 2.73. The molecule has 1 N–H and O–H groups in total. The third-order valence-corrected chi connectivity index (χ3v) is 5.00. The molecule has 3 nitrogen and oxygen atoms in total. The van der Waals surface area contributed by atoms with Crippen LogP contribution in [0.1, 0.15) is 0 Å². The summed E-state index contributed by atoms with van der Waals surface area (Å²) in [7, 11) is 3.31. The van der Waals surface area contributed by atoms with E-state index in [1.54, 1.807) is 27.8 Å². The van der Waals surface area contributed by atoms with Crippen LogP contribution in [0.15, 0.2) is 95.5 Å². The summed E-state index contributed by atoms with van der Waals surface area (Å²) in [6.07, 6.45) is 9.12. The average molecular weight is 398 g/mol. The molecule has 0 atom stereocenters. The second-order valence-corrected chi connectivity index (χ2v) is 6.90. The number of hydrogen-bond acceptors (Lipinski definition) is 5. The molecule has 0 bridgehead atoms. The first-order valence-corrected chi connectivity index (χ1v) is 9.55. The fourth-order valence-corrected chi connectivity index (χ4v) is 3.44. The molecule has 0 aliphatic heterocycles. The minimum atomic E-state index is -0.0107. The van der Waals surface area contributed by atoms with Gasteiger partial charge in [0.05, 0.1) is 0 Å². The second kappa shape index (κ2) is 12.9. The van der Waals surface area contributed by atoms with E-state index in [1.807, 2.05) is 72.8 Å². The van der Waals surface area contributed by atoms with Gasteiger partial charge in [-0.2, -0.15) is 18.2 Å². The molecule has 0 spiro atoms. The van der Waals surface area contributed by atoms with Crippen LogP contribution < -0.4 is 10.4 Å². The standard InChI is InChI=1S/C13H14N2OS2.C5H5.Fe/c16-13(11-5-1-2-6-11)15-9-10-17-18-12-7-3-4-8-14-12;1-2-4-5-3-1;/h1-8,15-16H,9-10H2;1-5H;/q;-1;+2/p-1. The van der Waals surface area contributed by atoms with Gasteiger partial charge in [-0.05, 0) is 34.4 Å². The molecule has 1 aliphatic carbocycles. The van der Waals surface area contributed by atoms with Crippen LogP contribution in [0.4, 0.5) is 0 Å². The molecule has 1 aromatic carbocycles. The van der Waals surface area contributed by atoms with E-state index in [-0.39, 0.29) is 23.0 Å². The van der Waals surface area contributed by atoms with Gasteiger partial charge in [-0.3, -0.25) is 0 Å². The van der Waals surface area contributed by atoms with Crippen molar-refractivity contribution in [1.82, 2.24) is 10.3 Å². The third kappa shape index (κ3) is 8.41. The molecule has 2 aromatic rings. The maximum absolute atomic E-state index is 11.6. The topological polar surface area (TPSA) is 48.0 Å². The minimum Gasteiger partial charge on any atom is -0.860 e. The van der Waals surface area contributed by atoms with Crippen LogP contribution >= 0.6 is 21.6 Å². The smallest absolute Gasteiger partial charge is 0.860 e. The Labute approximate surface area is 161 Å². The summed E-state index contributed by atoms with van der Waals surface area (Å²) in [5, 5.41) is 15.5. The number of hydrogen-bond donors (Lipinski definition) is 1. The Morgan fingerprint density at radius 1 is 1.12 bits per heavy atom. The molecule has 0 saturated carbocycles. The maximum Gasteiger partial charge on any atom is 2.00 e. The molecule has 24 heavy (non-hydrogen) atoms. The van der Waals surface area contributed by atoms with Crippen LogP contribution in [-0.4, -0.2) is 17.3 Å². The number of allylic oxidation sites excluding steroid dienone is 5. The number of aromatic nitrogens is 1. The Kier molecular flexibility index (Phi) is 11.1. The molecule has 0 fully saturated rings. The molecule has 1 aliphatic rings. The van der Waals surface area contributed by atoms with Crippen molar-refractivity contribution < 1.29 is 22.2 Å². The van der Waals surface area contributed by atoms with Crippen LogP contribution in [0.3, 0.4) is 0 Å². The van der Waals surface area contributed by atoms with Crippen molar-refractivity contribution >= 4 is 21.6 Å². The predicted octanol–water partition coefficient (Wildman–Crippen LogP) is 3.51. The van der Waals surface area contributed by atoms with E-state index >= 15 is 0 Å². The molecule has 0 saturated heterocycles. The molecular formula is C18H18FeN2OS2. The van der Waals surface area contributed by atoms with Gasteiger partial charge in [0.2, 0.25) is 0 Å². The molecule has 6 heteroatoms. The van der Waals surface area contributed by atoms with E-state index in [0.717, 1.165) is 16.4 Å². The zero-order chi connectivity index (χ0) is 16.2. The van der Waals surface area contributed by atoms with Gasteiger partial charge in [-0.1, -0.05) is 41.2 Å². The van der Waals surface area contributed by atoms with Gasteiger partial charge < -0.3 is 10.4 Å². The predicted molar refractivity (Wildman–Crippen MR) is 97.9 cm³/mol. The van der Waals surface area contributed by atoms with Crippen LogP contribution in [-0.2, 0) is 17.1 Å². The van der Waals surface area contributed by atoms with Gasteiger partial charge in [-0.15, -0.1) is 0 Å². The summed E-state index contributed by atoms with van der Waals surface area (Å²) in [6, 6.07) is 15.8. The van der Waals surface area contributed by atoms with E-state index < -0.39 is 0 Å². The van der Waals surface area contributed by atoms with E-state index in [9.17, 15) is 5.11 Å². The van der Waals surface area contributed by atoms with Crippen LogP contribution in [0, 0.1) is 0 Å². The molecule has 3 rings (SSSR count). The first-order valence-electron chi connectivity index (χ1n) is 7.23. The summed E-state index contributed by atoms with van der Waals surface area (Å²) >= 11 is 0. The quantitative estimate of drug-likeness (QED) is 0.265. The van der Waals surface area contributed by atoms with Gasteiger partial charge in [0.25, 0.3) is 0 Å². The van der Waals surface area contributed by atoms with Crippen LogP contribution in [0.2, 0.25) is 0 Å². The SMILES string of the molecule is [Fe+2].[O-]C(NCCSSc1ccccn1)=C1C=CC=C1.c1cc[cH-]c1. The summed E-state index contributed by atoms with van der Waals surface area (Å²) < 4.78 is 0. The Morgan fingerprint density at radius 3 is 2.46 bits per heavy atom. The van der Waals surface area contributed by atoms with E-state index in [0.29, 0.717) is 6.54 Å². The fourth-order valence-electron chi connectivity index (χ4n) is 1.65. The van der Waals surface area contributed by atoms with E-state index in [1.165, 1.54) is 0 Å². The summed E-state index contributed by atoms with van der Waals surface area (Å²) in [5.41, 5.74) is 0.720. The zero-order valence-electron chi connectivity index (χ0n) is 12.9. The van der Waals surface area contributed by atoms with Crippen molar-refractivity contribution in [2.45, 2.75) is 5.03 Å². The van der Waals surface area contributed by atoms with Crippen molar-refractivity contribution in [2.75, 3.05) is 12.3 Å². The molecule has 0 amide bonds. The summed E-state index contributed by atoms with van der Waals surface area (Å²) in [4.78, 5) is 4.21. The normalized spacial score (nSPS) is 11.4. The monoisotopic (exact) mass is 398 g/mol.